The Balaban J connectivity index is 1.21. The zero-order valence-electron chi connectivity index (χ0n) is 29.9. The molecule has 0 aromatic rings. The predicted octanol–water partition coefficient (Wildman–Crippen LogP) is 0.995. The van der Waals surface area contributed by atoms with Crippen LogP contribution in [0.3, 0.4) is 0 Å². The lowest BCUT2D eigenvalue weighted by Gasteiger charge is -2.64. The van der Waals surface area contributed by atoms with Crippen LogP contribution >= 0.6 is 0 Å². The fraction of sp³-hybridized carbons (Fsp3) is 0.667. The topological polar surface area (TPSA) is 212 Å². The molecule has 0 aromatic heterocycles. The predicted molar refractivity (Wildman–Crippen MR) is 174 cm³/mol. The molecule has 1 spiro atoms. The first-order valence-corrected chi connectivity index (χ1v) is 18.5. The monoisotopic (exact) mass is 734 g/mol. The van der Waals surface area contributed by atoms with Crippen LogP contribution in [0.2, 0.25) is 0 Å². The summed E-state index contributed by atoms with van der Waals surface area (Å²) in [4.78, 5) is 66.2. The number of rotatable bonds is 0. The van der Waals surface area contributed by atoms with E-state index < -0.39 is 87.8 Å². The van der Waals surface area contributed by atoms with Crippen LogP contribution in [0.4, 0.5) is 0 Å². The van der Waals surface area contributed by atoms with Crippen LogP contribution < -0.4 is 0 Å². The van der Waals surface area contributed by atoms with Crippen LogP contribution in [0, 0.1) is 46.3 Å². The minimum absolute atomic E-state index is 0.00686. The Morgan fingerprint density at radius 2 is 1.45 bits per heavy atom. The summed E-state index contributed by atoms with van der Waals surface area (Å²) in [7, 11) is 0. The van der Waals surface area contributed by atoms with Gasteiger partial charge in [-0.2, -0.15) is 0 Å². The van der Waals surface area contributed by atoms with Gasteiger partial charge in [-0.15, -0.1) is 0 Å². The van der Waals surface area contributed by atoms with Crippen molar-refractivity contribution in [1.29, 1.82) is 0 Å². The van der Waals surface area contributed by atoms with E-state index in [-0.39, 0.29) is 84.9 Å². The molecule has 10 rings (SSSR count). The molecule has 14 nitrogen and oxygen atoms in total. The standard InChI is InChI=1S/C39H42O14/c1-15-7-27(42)51-14-37(47)22-8-19(22)34(3)23(37)10-18-17(13-50-26(41)6-5-25(40)49-12-15)32(44)52-38(18)24(34)11-36(46)21-9-20(21)35(4)30(36)29(38)28-16(2)31(43)53-39(28,48)33(35)45/h7,19-24,33,45-48H,5-6,8-14H2,1-4H3/b15-7-/t19-,20+,21-,22-,23+,24-,33+,34-,35-,36-,37-,38-,39-/m0/s1. The third-order valence-corrected chi connectivity index (χ3v) is 15.5. The molecule has 0 amide bonds. The molecule has 5 fully saturated rings. The number of hydrogen-bond donors (Lipinski definition) is 4. The molecule has 13 atom stereocenters. The minimum atomic E-state index is -2.51. The molecular weight excluding hydrogens is 692 g/mol. The van der Waals surface area contributed by atoms with Gasteiger partial charge in [-0.1, -0.05) is 13.8 Å². The first-order chi connectivity index (χ1) is 24.9. The van der Waals surface area contributed by atoms with Crippen LogP contribution in [0.5, 0.6) is 0 Å². The minimum Gasteiger partial charge on any atom is -0.461 e. The average Bonchev–Trinajstić information content (AvgIpc) is 4.01. The van der Waals surface area contributed by atoms with Crippen LogP contribution in [-0.2, 0) is 47.7 Å². The lowest BCUT2D eigenvalue weighted by molar-refractivity contribution is -0.244. The lowest BCUT2D eigenvalue weighted by atomic mass is 9.42. The van der Waals surface area contributed by atoms with Gasteiger partial charge in [-0.3, -0.25) is 9.59 Å². The van der Waals surface area contributed by atoms with E-state index in [0.29, 0.717) is 29.6 Å². The molecule has 2 bridgehead atoms. The van der Waals surface area contributed by atoms with Gasteiger partial charge < -0.3 is 44.1 Å². The molecule has 5 saturated carbocycles. The smallest absolute Gasteiger partial charge is 0.338 e. The van der Waals surface area contributed by atoms with Gasteiger partial charge in [0.25, 0.3) is 5.79 Å². The summed E-state index contributed by atoms with van der Waals surface area (Å²) < 4.78 is 28.8. The van der Waals surface area contributed by atoms with Crippen LogP contribution in [0.15, 0.2) is 45.1 Å². The van der Waals surface area contributed by atoms with Gasteiger partial charge in [-0.05, 0) is 85.3 Å². The van der Waals surface area contributed by atoms with Crippen molar-refractivity contribution in [3.63, 3.8) is 0 Å². The molecule has 7 aliphatic carbocycles. The fourth-order valence-corrected chi connectivity index (χ4v) is 13.2. The second-order valence-corrected chi connectivity index (χ2v) is 17.7. The highest BCUT2D eigenvalue weighted by atomic mass is 16.7. The molecule has 10 aliphatic rings. The molecular formula is C39H42O14. The van der Waals surface area contributed by atoms with Crippen molar-refractivity contribution in [2.75, 3.05) is 19.8 Å². The molecule has 4 N–H and O–H groups in total. The number of fused-ring (bicyclic) bond motifs is 9. The molecule has 3 heterocycles. The summed E-state index contributed by atoms with van der Waals surface area (Å²) in [5.41, 5.74) is -5.48. The van der Waals surface area contributed by atoms with E-state index in [9.17, 15) is 44.4 Å². The maximum atomic E-state index is 14.4. The molecule has 0 aromatic carbocycles. The van der Waals surface area contributed by atoms with E-state index in [1.165, 1.54) is 13.0 Å². The second kappa shape index (κ2) is 9.87. The molecule has 3 aliphatic heterocycles. The zero-order chi connectivity index (χ0) is 37.6. The van der Waals surface area contributed by atoms with Crippen molar-refractivity contribution in [2.45, 2.75) is 94.9 Å². The summed E-state index contributed by atoms with van der Waals surface area (Å²) in [5, 5.41) is 50.2. The zero-order valence-corrected chi connectivity index (χ0v) is 29.9. The largest absolute Gasteiger partial charge is 0.461 e. The SMILES string of the molecule is CC1=C2C3=C4[C@](C)([C@@H]5C[C@@H]5[C@@]4(O)C[C@@H]4[C@]35OC(=O)C3=C5C[C@H]5[C@](O)(COC(=O)/C=C(/C)COC(=O)CCC(=O)OC3)[C@H]3C[C@@H]3[C@]45C)[C@@H](O)[C@@]2(O)OC1=O. The van der Waals surface area contributed by atoms with Crippen LogP contribution in [-0.4, -0.2) is 98.8 Å². The van der Waals surface area contributed by atoms with Gasteiger partial charge in [0.15, 0.2) is 5.60 Å². The number of ether oxygens (including phenoxy) is 5. The summed E-state index contributed by atoms with van der Waals surface area (Å²) in [6.07, 6.45) is 0.162. The summed E-state index contributed by atoms with van der Waals surface area (Å²) in [5.74, 6) is -8.74. The number of aliphatic hydroxyl groups excluding tert-OH is 1. The Labute approximate surface area is 303 Å². The van der Waals surface area contributed by atoms with E-state index in [1.54, 1.807) is 13.8 Å². The molecule has 14 heteroatoms. The number of carbonyl (C=O) groups is 5. The normalized spacial score (nSPS) is 51.7. The van der Waals surface area contributed by atoms with Crippen molar-refractivity contribution in [3.05, 3.63) is 45.1 Å². The maximum absolute atomic E-state index is 14.4. The third kappa shape index (κ3) is 3.71. The number of aliphatic hydroxyl groups is 4. The van der Waals surface area contributed by atoms with Crippen LogP contribution in [0.25, 0.3) is 0 Å². The Bertz CT molecular complexity index is 2020. The van der Waals surface area contributed by atoms with Gasteiger partial charge in [0, 0.05) is 40.0 Å². The molecule has 282 valence electrons. The van der Waals surface area contributed by atoms with E-state index >= 15 is 0 Å². The van der Waals surface area contributed by atoms with Crippen molar-refractivity contribution < 1.29 is 68.1 Å². The summed E-state index contributed by atoms with van der Waals surface area (Å²) >= 11 is 0. The second-order valence-electron chi connectivity index (χ2n) is 17.7. The molecule has 0 radical (unpaired) electrons. The number of esters is 5. The van der Waals surface area contributed by atoms with Crippen molar-refractivity contribution in [1.82, 2.24) is 0 Å². The fourth-order valence-electron chi connectivity index (χ4n) is 13.2. The highest BCUT2D eigenvalue weighted by Gasteiger charge is 2.87. The maximum Gasteiger partial charge on any atom is 0.338 e. The first kappa shape index (κ1) is 33.7. The molecule has 0 unspecified atom stereocenters. The van der Waals surface area contributed by atoms with Gasteiger partial charge in [0.1, 0.15) is 31.5 Å². The number of cyclic esters (lactones) is 3. The van der Waals surface area contributed by atoms with Crippen molar-refractivity contribution in [3.8, 4) is 0 Å². The highest BCUT2D eigenvalue weighted by Crippen LogP contribution is 2.84. The Hall–Kier alpha value is -3.85. The van der Waals surface area contributed by atoms with E-state index in [2.05, 4.69) is 0 Å². The van der Waals surface area contributed by atoms with Gasteiger partial charge in [-0.25, -0.2) is 14.4 Å². The van der Waals surface area contributed by atoms with Gasteiger partial charge >= 0.3 is 29.8 Å². The molecule has 53 heavy (non-hydrogen) atoms. The lowest BCUT2D eigenvalue weighted by Crippen LogP contribution is -2.69. The summed E-state index contributed by atoms with van der Waals surface area (Å²) in [6, 6.07) is 0. The Morgan fingerprint density at radius 1 is 0.774 bits per heavy atom. The average molecular weight is 735 g/mol. The van der Waals surface area contributed by atoms with E-state index in [4.69, 9.17) is 23.7 Å². The van der Waals surface area contributed by atoms with Crippen LogP contribution in [0.1, 0.15) is 66.2 Å². The van der Waals surface area contributed by atoms with Gasteiger partial charge in [0.2, 0.25) is 0 Å². The van der Waals surface area contributed by atoms with Crippen molar-refractivity contribution in [2.24, 2.45) is 46.3 Å². The van der Waals surface area contributed by atoms with E-state index in [1.807, 2.05) is 6.92 Å². The Kier molecular flexibility index (Phi) is 6.27. The summed E-state index contributed by atoms with van der Waals surface area (Å²) in [6.45, 7) is 5.75. The quantitative estimate of drug-likeness (QED) is 0.202. The van der Waals surface area contributed by atoms with Crippen molar-refractivity contribution >= 4 is 29.8 Å². The molecule has 0 saturated heterocycles. The first-order valence-electron chi connectivity index (χ1n) is 18.5. The number of hydrogen-bond acceptors (Lipinski definition) is 14. The highest BCUT2D eigenvalue weighted by molar-refractivity contribution is 5.98. The van der Waals surface area contributed by atoms with E-state index in [0.717, 1.165) is 0 Å². The Morgan fingerprint density at radius 3 is 2.17 bits per heavy atom. The number of carbonyl (C=O) groups excluding carboxylic acids is 5. The third-order valence-electron chi connectivity index (χ3n) is 15.5. The van der Waals surface area contributed by atoms with Gasteiger partial charge in [0.05, 0.1) is 24.0 Å².